The van der Waals surface area contributed by atoms with Gasteiger partial charge in [0.25, 0.3) is 0 Å². The molecule has 0 spiro atoms. The second-order valence-corrected chi connectivity index (χ2v) is 3.04. The van der Waals surface area contributed by atoms with Gasteiger partial charge in [0.15, 0.2) is 0 Å². The number of hydrogen-bond acceptors (Lipinski definition) is 2. The third kappa shape index (κ3) is 6.34. The van der Waals surface area contributed by atoms with E-state index in [0.29, 0.717) is 6.54 Å². The molecule has 0 aromatic carbocycles. The van der Waals surface area contributed by atoms with Crippen LogP contribution in [0.3, 0.4) is 0 Å². The minimum atomic E-state index is -0.337. The van der Waals surface area contributed by atoms with Crippen molar-refractivity contribution in [3.8, 4) is 0 Å². The molecule has 13 heavy (non-hydrogen) atoms. The van der Waals surface area contributed by atoms with Crippen molar-refractivity contribution in [2.24, 2.45) is 5.73 Å². The van der Waals surface area contributed by atoms with E-state index in [2.05, 4.69) is 5.32 Å². The Kier molecular flexibility index (Phi) is 7.30. The molecule has 0 unspecified atom stereocenters. The highest BCUT2D eigenvalue weighted by atomic mass is 16.2. The number of hydrogen-bond donors (Lipinski definition) is 2. The van der Waals surface area contributed by atoms with Crippen LogP contribution in [0.25, 0.3) is 0 Å². The molecule has 0 aromatic rings. The lowest BCUT2D eigenvalue weighted by molar-refractivity contribution is -0.122. The van der Waals surface area contributed by atoms with E-state index < -0.39 is 0 Å². The van der Waals surface area contributed by atoms with E-state index in [4.69, 9.17) is 5.73 Å². The molecule has 0 aliphatic heterocycles. The van der Waals surface area contributed by atoms with Crippen LogP contribution in [0.5, 0.6) is 0 Å². The lowest BCUT2D eigenvalue weighted by atomic mass is 10.1. The first kappa shape index (κ1) is 12.2. The van der Waals surface area contributed by atoms with E-state index in [1.807, 2.05) is 26.0 Å². The number of amides is 1. The molecule has 0 saturated heterocycles. The molecule has 0 saturated carbocycles. The Morgan fingerprint density at radius 1 is 1.62 bits per heavy atom. The summed E-state index contributed by atoms with van der Waals surface area (Å²) in [6, 6.07) is -0.337. The Bertz CT molecular complexity index is 166. The van der Waals surface area contributed by atoms with Gasteiger partial charge in [0.1, 0.15) is 0 Å². The van der Waals surface area contributed by atoms with Crippen LogP contribution in [-0.4, -0.2) is 18.5 Å². The summed E-state index contributed by atoms with van der Waals surface area (Å²) in [6.07, 6.45) is 6.57. The molecule has 1 amide bonds. The quantitative estimate of drug-likeness (QED) is 0.481. The minimum Gasteiger partial charge on any atom is -0.354 e. The van der Waals surface area contributed by atoms with E-state index in [-0.39, 0.29) is 11.9 Å². The maximum Gasteiger partial charge on any atom is 0.236 e. The van der Waals surface area contributed by atoms with Gasteiger partial charge in [-0.2, -0.15) is 0 Å². The van der Waals surface area contributed by atoms with Gasteiger partial charge in [-0.05, 0) is 19.8 Å². The molecule has 0 fully saturated rings. The van der Waals surface area contributed by atoms with E-state index in [1.54, 1.807) is 0 Å². The van der Waals surface area contributed by atoms with E-state index in [9.17, 15) is 4.79 Å². The molecule has 3 nitrogen and oxygen atoms in total. The number of rotatable bonds is 6. The summed E-state index contributed by atoms with van der Waals surface area (Å²) in [7, 11) is 0. The molecule has 3 N–H and O–H groups in total. The van der Waals surface area contributed by atoms with Crippen LogP contribution in [0.1, 0.15) is 33.1 Å². The Morgan fingerprint density at radius 3 is 2.85 bits per heavy atom. The average Bonchev–Trinajstić information content (AvgIpc) is 2.12. The Morgan fingerprint density at radius 2 is 2.31 bits per heavy atom. The summed E-state index contributed by atoms with van der Waals surface area (Å²) >= 11 is 0. The fraction of sp³-hybridized carbons (Fsp3) is 0.700. The number of nitrogens with one attached hydrogen (secondary N) is 1. The molecule has 0 heterocycles. The highest BCUT2D eigenvalue weighted by molar-refractivity contribution is 5.81. The summed E-state index contributed by atoms with van der Waals surface area (Å²) in [4.78, 5) is 11.2. The molecule has 0 rings (SSSR count). The first-order valence-electron chi connectivity index (χ1n) is 4.86. The summed E-state index contributed by atoms with van der Waals surface area (Å²) in [5.41, 5.74) is 5.61. The Hall–Kier alpha value is -0.830. The third-order valence-electron chi connectivity index (χ3n) is 1.78. The molecule has 0 aliphatic rings. The standard InChI is InChI=1S/C10H20N2O/c1-3-5-6-8-12-10(13)9(11)7-4-2/h3,5,9H,4,6-8,11H2,1-2H3,(H,12,13)/b5-3+/t9-/m1/s1. The fourth-order valence-corrected chi connectivity index (χ4v) is 1.02. The molecular formula is C10H20N2O. The van der Waals surface area contributed by atoms with Crippen molar-refractivity contribution in [1.29, 1.82) is 0 Å². The summed E-state index contributed by atoms with van der Waals surface area (Å²) in [5, 5.41) is 2.79. The van der Waals surface area contributed by atoms with Gasteiger partial charge in [-0.1, -0.05) is 25.5 Å². The summed E-state index contributed by atoms with van der Waals surface area (Å²) in [5.74, 6) is -0.0358. The van der Waals surface area contributed by atoms with Gasteiger partial charge in [0, 0.05) is 6.54 Å². The SMILES string of the molecule is C/C=C/CCNC(=O)[C@H](N)CCC. The van der Waals surface area contributed by atoms with Crippen LogP contribution in [0.4, 0.5) is 0 Å². The van der Waals surface area contributed by atoms with Gasteiger partial charge in [-0.15, -0.1) is 0 Å². The van der Waals surface area contributed by atoms with E-state index >= 15 is 0 Å². The van der Waals surface area contributed by atoms with Crippen LogP contribution in [0.2, 0.25) is 0 Å². The van der Waals surface area contributed by atoms with Crippen molar-refractivity contribution in [2.45, 2.75) is 39.2 Å². The molecular weight excluding hydrogens is 164 g/mol. The fourth-order valence-electron chi connectivity index (χ4n) is 1.02. The molecule has 1 atom stereocenters. The van der Waals surface area contributed by atoms with Gasteiger partial charge >= 0.3 is 0 Å². The number of carbonyl (C=O) groups is 1. The molecule has 0 bridgehead atoms. The second-order valence-electron chi connectivity index (χ2n) is 3.04. The first-order valence-corrected chi connectivity index (χ1v) is 4.86. The maximum atomic E-state index is 11.2. The topological polar surface area (TPSA) is 55.1 Å². The van der Waals surface area contributed by atoms with E-state index in [0.717, 1.165) is 19.3 Å². The highest BCUT2D eigenvalue weighted by Gasteiger charge is 2.10. The lowest BCUT2D eigenvalue weighted by Crippen LogP contribution is -2.40. The van der Waals surface area contributed by atoms with Crippen molar-refractivity contribution in [3.05, 3.63) is 12.2 Å². The molecule has 76 valence electrons. The largest absolute Gasteiger partial charge is 0.354 e. The number of nitrogens with two attached hydrogens (primary N) is 1. The van der Waals surface area contributed by atoms with Crippen molar-refractivity contribution in [3.63, 3.8) is 0 Å². The Labute approximate surface area is 80.4 Å². The monoisotopic (exact) mass is 184 g/mol. The molecule has 0 aromatic heterocycles. The normalized spacial score (nSPS) is 13.2. The smallest absolute Gasteiger partial charge is 0.236 e. The van der Waals surface area contributed by atoms with Gasteiger partial charge in [-0.25, -0.2) is 0 Å². The highest BCUT2D eigenvalue weighted by Crippen LogP contribution is 1.92. The molecule has 0 aliphatic carbocycles. The predicted octanol–water partition coefficient (Wildman–Crippen LogP) is 1.20. The average molecular weight is 184 g/mol. The van der Waals surface area contributed by atoms with Crippen LogP contribution < -0.4 is 11.1 Å². The van der Waals surface area contributed by atoms with E-state index in [1.165, 1.54) is 0 Å². The first-order chi connectivity index (χ1) is 6.22. The minimum absolute atomic E-state index is 0.0358. The van der Waals surface area contributed by atoms with Crippen LogP contribution in [0, 0.1) is 0 Å². The molecule has 0 radical (unpaired) electrons. The van der Waals surface area contributed by atoms with Crippen LogP contribution in [0.15, 0.2) is 12.2 Å². The van der Waals surface area contributed by atoms with Crippen molar-refractivity contribution in [2.75, 3.05) is 6.54 Å². The van der Waals surface area contributed by atoms with Crippen molar-refractivity contribution >= 4 is 5.91 Å². The maximum absolute atomic E-state index is 11.2. The van der Waals surface area contributed by atoms with Gasteiger partial charge in [0.05, 0.1) is 6.04 Å². The van der Waals surface area contributed by atoms with Crippen molar-refractivity contribution < 1.29 is 4.79 Å². The zero-order valence-corrected chi connectivity index (χ0v) is 8.55. The van der Waals surface area contributed by atoms with Crippen LogP contribution >= 0.6 is 0 Å². The van der Waals surface area contributed by atoms with Crippen LogP contribution in [-0.2, 0) is 4.79 Å². The number of carbonyl (C=O) groups excluding carboxylic acids is 1. The summed E-state index contributed by atoms with van der Waals surface area (Å²) in [6.45, 7) is 4.66. The zero-order chi connectivity index (χ0) is 10.1. The van der Waals surface area contributed by atoms with Crippen molar-refractivity contribution in [1.82, 2.24) is 5.32 Å². The Balaban J connectivity index is 3.49. The zero-order valence-electron chi connectivity index (χ0n) is 8.55. The number of allylic oxidation sites excluding steroid dienone is 1. The molecule has 3 heteroatoms. The predicted molar refractivity (Wildman–Crippen MR) is 55.3 cm³/mol. The third-order valence-corrected chi connectivity index (χ3v) is 1.78. The van der Waals surface area contributed by atoms with Gasteiger partial charge in [-0.3, -0.25) is 4.79 Å². The lowest BCUT2D eigenvalue weighted by Gasteiger charge is -2.09. The summed E-state index contributed by atoms with van der Waals surface area (Å²) < 4.78 is 0. The van der Waals surface area contributed by atoms with Gasteiger partial charge < -0.3 is 11.1 Å². The van der Waals surface area contributed by atoms with Gasteiger partial charge in [0.2, 0.25) is 5.91 Å². The second kappa shape index (κ2) is 7.80.